The summed E-state index contributed by atoms with van der Waals surface area (Å²) in [5.74, 6) is -0.0237. The van der Waals surface area contributed by atoms with Gasteiger partial charge in [-0.25, -0.2) is 8.42 Å². The zero-order chi connectivity index (χ0) is 22.7. The molecule has 1 aliphatic rings. The molecular formula is C21H25ClN4O4S2. The molecule has 2 atom stereocenters. The Hall–Kier alpha value is -1.82. The molecule has 0 saturated carbocycles. The van der Waals surface area contributed by atoms with Crippen LogP contribution in [0.4, 0.5) is 0 Å². The van der Waals surface area contributed by atoms with E-state index < -0.39 is 16.1 Å². The van der Waals surface area contributed by atoms with E-state index in [4.69, 9.17) is 16.3 Å². The van der Waals surface area contributed by atoms with Crippen molar-refractivity contribution >= 4 is 50.2 Å². The summed E-state index contributed by atoms with van der Waals surface area (Å²) in [4.78, 5) is 22.4. The number of rotatable bonds is 9. The van der Waals surface area contributed by atoms with Gasteiger partial charge in [-0.1, -0.05) is 11.6 Å². The normalized spacial score (nSPS) is 20.7. The van der Waals surface area contributed by atoms with Crippen molar-refractivity contribution < 1.29 is 17.9 Å². The molecule has 4 heterocycles. The third-order valence-corrected chi connectivity index (χ3v) is 8.77. The Labute approximate surface area is 196 Å². The zero-order valence-electron chi connectivity index (χ0n) is 17.6. The Balaban J connectivity index is 1.50. The van der Waals surface area contributed by atoms with E-state index >= 15 is 0 Å². The molecule has 3 aromatic heterocycles. The molecule has 1 fully saturated rings. The Kier molecular flexibility index (Phi) is 7.28. The van der Waals surface area contributed by atoms with Gasteiger partial charge in [-0.05, 0) is 30.7 Å². The molecule has 0 spiro atoms. The lowest BCUT2D eigenvalue weighted by molar-refractivity contribution is -0.116. The average Bonchev–Trinajstić information content (AvgIpc) is 3.38. The molecule has 0 bridgehead atoms. The number of aromatic amines is 1. The molecule has 1 N–H and O–H groups in total. The van der Waals surface area contributed by atoms with Crippen molar-refractivity contribution in [1.29, 1.82) is 0 Å². The predicted octanol–water partition coefficient (Wildman–Crippen LogP) is 2.55. The number of ether oxygens (including phenoxy) is 1. The van der Waals surface area contributed by atoms with Gasteiger partial charge in [-0.2, -0.15) is 4.31 Å². The van der Waals surface area contributed by atoms with Crippen LogP contribution < -0.4 is 0 Å². The fraction of sp³-hybridized carbons (Fsp3) is 0.429. The van der Waals surface area contributed by atoms with Crippen molar-refractivity contribution in [3.63, 3.8) is 0 Å². The number of hydrogen-bond acceptors (Lipinski definition) is 7. The first kappa shape index (κ1) is 23.3. The highest BCUT2D eigenvalue weighted by molar-refractivity contribution is 7.89. The molecule has 3 aromatic rings. The van der Waals surface area contributed by atoms with Crippen LogP contribution in [0.1, 0.15) is 10.6 Å². The monoisotopic (exact) mass is 496 g/mol. The van der Waals surface area contributed by atoms with E-state index in [-0.39, 0.29) is 24.9 Å². The summed E-state index contributed by atoms with van der Waals surface area (Å²) in [6.45, 7) is 1.19. The molecule has 8 nitrogen and oxygen atoms in total. The van der Waals surface area contributed by atoms with Gasteiger partial charge in [0, 0.05) is 66.7 Å². The number of piperazine rings is 1. The second kappa shape index (κ2) is 9.98. The number of carbonyl (C=O) groups is 1. The maximum absolute atomic E-state index is 13.1. The van der Waals surface area contributed by atoms with E-state index in [0.29, 0.717) is 23.9 Å². The van der Waals surface area contributed by atoms with Crippen LogP contribution in [0.15, 0.2) is 36.7 Å². The predicted molar refractivity (Wildman–Crippen MR) is 126 cm³/mol. The number of aryl methyl sites for hydroxylation is 1. The number of pyridine rings is 1. The fourth-order valence-electron chi connectivity index (χ4n) is 4.09. The molecule has 1 saturated heterocycles. The van der Waals surface area contributed by atoms with Crippen molar-refractivity contribution in [1.82, 2.24) is 19.2 Å². The number of nitrogens with one attached hydrogen (secondary N) is 1. The number of methoxy groups -OCH3 is 1. The van der Waals surface area contributed by atoms with Crippen LogP contribution in [0.5, 0.6) is 0 Å². The highest BCUT2D eigenvalue weighted by atomic mass is 35.5. The zero-order valence-corrected chi connectivity index (χ0v) is 20.0. The highest BCUT2D eigenvalue weighted by Crippen LogP contribution is 2.25. The Morgan fingerprint density at radius 2 is 2.19 bits per heavy atom. The Morgan fingerprint density at radius 3 is 2.88 bits per heavy atom. The van der Waals surface area contributed by atoms with Crippen LogP contribution in [0.2, 0.25) is 4.34 Å². The SMILES string of the molecule is COCC1CN(S(=O)(=O)CCc2ccc(Cl)s2)CC(C=O)N1Cc1cc2cnccc2[nH]1. The largest absolute Gasteiger partial charge is 0.383 e. The number of halogens is 1. The minimum Gasteiger partial charge on any atom is -0.383 e. The summed E-state index contributed by atoms with van der Waals surface area (Å²) < 4.78 is 33.6. The van der Waals surface area contributed by atoms with Gasteiger partial charge in [-0.15, -0.1) is 11.3 Å². The summed E-state index contributed by atoms with van der Waals surface area (Å²) in [7, 11) is -1.96. The number of sulfonamides is 1. The maximum Gasteiger partial charge on any atom is 0.214 e. The van der Waals surface area contributed by atoms with Crippen molar-refractivity contribution in [2.24, 2.45) is 0 Å². The smallest absolute Gasteiger partial charge is 0.214 e. The van der Waals surface area contributed by atoms with Gasteiger partial charge >= 0.3 is 0 Å². The third kappa shape index (κ3) is 5.22. The lowest BCUT2D eigenvalue weighted by Crippen LogP contribution is -2.61. The van der Waals surface area contributed by atoms with Gasteiger partial charge in [0.15, 0.2) is 0 Å². The third-order valence-electron chi connectivity index (χ3n) is 5.67. The van der Waals surface area contributed by atoms with E-state index in [1.807, 2.05) is 23.1 Å². The number of aldehydes is 1. The molecule has 172 valence electrons. The van der Waals surface area contributed by atoms with Gasteiger partial charge in [0.2, 0.25) is 10.0 Å². The molecule has 0 amide bonds. The highest BCUT2D eigenvalue weighted by Gasteiger charge is 2.39. The van der Waals surface area contributed by atoms with Crippen molar-refractivity contribution in [2.75, 3.05) is 32.6 Å². The van der Waals surface area contributed by atoms with E-state index in [1.54, 1.807) is 25.6 Å². The molecule has 2 unspecified atom stereocenters. The lowest BCUT2D eigenvalue weighted by atomic mass is 10.1. The second-order valence-electron chi connectivity index (χ2n) is 7.83. The first-order chi connectivity index (χ1) is 15.4. The number of hydrogen-bond donors (Lipinski definition) is 1. The molecular weight excluding hydrogens is 472 g/mol. The summed E-state index contributed by atoms with van der Waals surface area (Å²) in [6, 6.07) is 6.69. The van der Waals surface area contributed by atoms with Crippen molar-refractivity contribution in [2.45, 2.75) is 25.0 Å². The number of aromatic nitrogens is 2. The van der Waals surface area contributed by atoms with Crippen LogP contribution in [0.3, 0.4) is 0 Å². The summed E-state index contributed by atoms with van der Waals surface area (Å²) >= 11 is 7.34. The fourth-order valence-corrected chi connectivity index (χ4v) is 6.82. The van der Waals surface area contributed by atoms with Crippen LogP contribution in [0, 0.1) is 0 Å². The number of fused-ring (bicyclic) bond motifs is 1. The van der Waals surface area contributed by atoms with Crippen LogP contribution in [-0.2, 0) is 32.5 Å². The van der Waals surface area contributed by atoms with Gasteiger partial charge in [0.05, 0.1) is 22.7 Å². The Bertz CT molecular complexity index is 1150. The summed E-state index contributed by atoms with van der Waals surface area (Å²) in [5.41, 5.74) is 1.91. The summed E-state index contributed by atoms with van der Waals surface area (Å²) in [6.07, 6.45) is 4.72. The van der Waals surface area contributed by atoms with Crippen LogP contribution >= 0.6 is 22.9 Å². The molecule has 11 heteroatoms. The van der Waals surface area contributed by atoms with E-state index in [9.17, 15) is 13.2 Å². The Morgan fingerprint density at radius 1 is 1.34 bits per heavy atom. The van der Waals surface area contributed by atoms with Gasteiger partial charge in [0.25, 0.3) is 0 Å². The van der Waals surface area contributed by atoms with Crippen molar-refractivity contribution in [3.05, 3.63) is 51.6 Å². The van der Waals surface area contributed by atoms with E-state index in [2.05, 4.69) is 9.97 Å². The maximum atomic E-state index is 13.1. The first-order valence-electron chi connectivity index (χ1n) is 10.2. The van der Waals surface area contributed by atoms with Crippen molar-refractivity contribution in [3.8, 4) is 0 Å². The first-order valence-corrected chi connectivity index (χ1v) is 13.0. The second-order valence-corrected chi connectivity index (χ2v) is 11.7. The number of carbonyl (C=O) groups excluding carboxylic acids is 1. The van der Waals surface area contributed by atoms with E-state index in [1.165, 1.54) is 15.6 Å². The number of thiophene rings is 1. The van der Waals surface area contributed by atoms with Gasteiger partial charge in [-0.3, -0.25) is 9.88 Å². The molecule has 4 rings (SSSR count). The molecule has 0 aliphatic carbocycles. The molecule has 0 radical (unpaired) electrons. The quantitative estimate of drug-likeness (QED) is 0.457. The van der Waals surface area contributed by atoms with E-state index in [0.717, 1.165) is 27.8 Å². The van der Waals surface area contributed by atoms with Crippen LogP contribution in [-0.4, -0.2) is 78.5 Å². The standard InChI is InChI=1S/C21H25ClN4O4S2/c1-30-14-18-12-25(32(28,29)7-5-19-2-3-21(22)31-19)11-17(13-27)26(18)10-16-8-15-9-23-6-4-20(15)24-16/h2-4,6,8-9,13,17-18,24H,5,7,10-12,14H2,1H3. The number of nitrogens with zero attached hydrogens (tertiary/aromatic N) is 3. The van der Waals surface area contributed by atoms with Crippen LogP contribution in [0.25, 0.3) is 10.9 Å². The van der Waals surface area contributed by atoms with Gasteiger partial charge < -0.3 is 14.5 Å². The molecule has 32 heavy (non-hydrogen) atoms. The summed E-state index contributed by atoms with van der Waals surface area (Å²) in [5, 5.41) is 0.989. The number of H-pyrrole nitrogens is 1. The topological polar surface area (TPSA) is 95.6 Å². The molecule has 0 aromatic carbocycles. The minimum absolute atomic E-state index is 0.0237. The average molecular weight is 497 g/mol. The van der Waals surface area contributed by atoms with Gasteiger partial charge in [0.1, 0.15) is 6.29 Å². The lowest BCUT2D eigenvalue weighted by Gasteiger charge is -2.43. The minimum atomic E-state index is -3.54. The molecule has 1 aliphatic heterocycles.